The number of rotatable bonds is 5. The Labute approximate surface area is 94.2 Å². The first-order chi connectivity index (χ1) is 7.02. The molecule has 0 amide bonds. The zero-order chi connectivity index (χ0) is 11.4. The fourth-order valence-electron chi connectivity index (χ4n) is 2.26. The zero-order valence-corrected chi connectivity index (χ0v) is 10.8. The van der Waals surface area contributed by atoms with Crippen molar-refractivity contribution in [3.63, 3.8) is 0 Å². The normalized spacial score (nSPS) is 36.4. The SMILES string of the molecule is CC1OC(C)C(CNCCN(C)C)C1C. The lowest BCUT2D eigenvalue weighted by Gasteiger charge is -2.19. The van der Waals surface area contributed by atoms with Crippen molar-refractivity contribution in [2.24, 2.45) is 11.8 Å². The highest BCUT2D eigenvalue weighted by molar-refractivity contribution is 4.85. The number of nitrogens with one attached hydrogen (secondary N) is 1. The first-order valence-corrected chi connectivity index (χ1v) is 6.03. The van der Waals surface area contributed by atoms with Crippen LogP contribution in [0.5, 0.6) is 0 Å². The summed E-state index contributed by atoms with van der Waals surface area (Å²) in [6.07, 6.45) is 0.822. The molecule has 1 N–H and O–H groups in total. The third-order valence-electron chi connectivity index (χ3n) is 3.56. The molecule has 1 rings (SSSR count). The minimum absolute atomic E-state index is 0.404. The van der Waals surface area contributed by atoms with Gasteiger partial charge < -0.3 is 15.0 Å². The third kappa shape index (κ3) is 3.74. The second kappa shape index (κ2) is 5.83. The number of likely N-dealkylation sites (N-methyl/N-ethyl adjacent to an activating group) is 1. The van der Waals surface area contributed by atoms with Crippen LogP contribution in [0.15, 0.2) is 0 Å². The highest BCUT2D eigenvalue weighted by atomic mass is 16.5. The molecule has 0 aromatic rings. The number of hydrogen-bond donors (Lipinski definition) is 1. The summed E-state index contributed by atoms with van der Waals surface area (Å²) in [7, 11) is 4.21. The topological polar surface area (TPSA) is 24.5 Å². The average Bonchev–Trinajstić information content (AvgIpc) is 2.37. The lowest BCUT2D eigenvalue weighted by Crippen LogP contribution is -2.34. The van der Waals surface area contributed by atoms with Crippen LogP contribution in [0, 0.1) is 11.8 Å². The van der Waals surface area contributed by atoms with Gasteiger partial charge in [-0.3, -0.25) is 0 Å². The fraction of sp³-hybridized carbons (Fsp3) is 1.00. The van der Waals surface area contributed by atoms with Gasteiger partial charge in [-0.05, 0) is 33.9 Å². The summed E-state index contributed by atoms with van der Waals surface area (Å²) in [5.74, 6) is 1.34. The molecule has 1 saturated heterocycles. The first-order valence-electron chi connectivity index (χ1n) is 6.03. The van der Waals surface area contributed by atoms with Gasteiger partial charge in [-0.1, -0.05) is 6.92 Å². The van der Waals surface area contributed by atoms with Crippen molar-refractivity contribution in [2.45, 2.75) is 33.0 Å². The standard InChI is InChI=1S/C12H26N2O/c1-9-10(2)15-11(3)12(9)8-13-6-7-14(4)5/h9-13H,6-8H2,1-5H3. The van der Waals surface area contributed by atoms with Crippen molar-refractivity contribution in [3.8, 4) is 0 Å². The molecule has 0 aliphatic carbocycles. The molecule has 1 aliphatic rings. The largest absolute Gasteiger partial charge is 0.375 e. The molecule has 3 nitrogen and oxygen atoms in total. The molecule has 15 heavy (non-hydrogen) atoms. The van der Waals surface area contributed by atoms with Gasteiger partial charge in [0, 0.05) is 25.6 Å². The van der Waals surface area contributed by atoms with Gasteiger partial charge in [0.1, 0.15) is 0 Å². The van der Waals surface area contributed by atoms with Gasteiger partial charge in [0.05, 0.1) is 12.2 Å². The summed E-state index contributed by atoms with van der Waals surface area (Å²) >= 11 is 0. The van der Waals surface area contributed by atoms with E-state index in [9.17, 15) is 0 Å². The zero-order valence-electron chi connectivity index (χ0n) is 10.8. The van der Waals surface area contributed by atoms with Gasteiger partial charge in [0.25, 0.3) is 0 Å². The summed E-state index contributed by atoms with van der Waals surface area (Å²) in [5.41, 5.74) is 0. The Morgan fingerprint density at radius 2 is 1.80 bits per heavy atom. The molecular weight excluding hydrogens is 188 g/mol. The van der Waals surface area contributed by atoms with E-state index in [1.807, 2.05) is 0 Å². The van der Waals surface area contributed by atoms with E-state index in [0.717, 1.165) is 19.6 Å². The molecule has 4 atom stereocenters. The van der Waals surface area contributed by atoms with Gasteiger partial charge in [0.15, 0.2) is 0 Å². The highest BCUT2D eigenvalue weighted by Gasteiger charge is 2.36. The fourth-order valence-corrected chi connectivity index (χ4v) is 2.26. The van der Waals surface area contributed by atoms with Crippen molar-refractivity contribution in [1.82, 2.24) is 10.2 Å². The Morgan fingerprint density at radius 3 is 2.27 bits per heavy atom. The third-order valence-corrected chi connectivity index (χ3v) is 3.56. The summed E-state index contributed by atoms with van der Waals surface area (Å²) in [4.78, 5) is 2.20. The molecule has 0 radical (unpaired) electrons. The maximum Gasteiger partial charge on any atom is 0.0594 e. The lowest BCUT2D eigenvalue weighted by molar-refractivity contribution is 0.0511. The molecule has 3 heteroatoms. The van der Waals surface area contributed by atoms with E-state index in [0.29, 0.717) is 24.0 Å². The molecule has 0 bridgehead atoms. The first kappa shape index (κ1) is 12.9. The quantitative estimate of drug-likeness (QED) is 0.696. The van der Waals surface area contributed by atoms with Crippen LogP contribution in [0.2, 0.25) is 0 Å². The van der Waals surface area contributed by atoms with Crippen LogP contribution in [0.25, 0.3) is 0 Å². The second-order valence-electron chi connectivity index (χ2n) is 5.08. The predicted octanol–water partition coefficient (Wildman–Crippen LogP) is 1.20. The molecule has 0 saturated carbocycles. The van der Waals surface area contributed by atoms with Crippen LogP contribution in [0.1, 0.15) is 20.8 Å². The second-order valence-corrected chi connectivity index (χ2v) is 5.08. The van der Waals surface area contributed by atoms with E-state index < -0.39 is 0 Å². The highest BCUT2D eigenvalue weighted by Crippen LogP contribution is 2.31. The van der Waals surface area contributed by atoms with Crippen LogP contribution in [-0.2, 0) is 4.74 Å². The maximum atomic E-state index is 5.81. The van der Waals surface area contributed by atoms with E-state index in [4.69, 9.17) is 4.74 Å². The van der Waals surface area contributed by atoms with Gasteiger partial charge >= 0.3 is 0 Å². The molecule has 1 heterocycles. The molecule has 1 aliphatic heterocycles. The molecule has 0 spiro atoms. The van der Waals surface area contributed by atoms with Crippen LogP contribution in [0.3, 0.4) is 0 Å². The Kier molecular flexibility index (Phi) is 5.03. The van der Waals surface area contributed by atoms with Crippen molar-refractivity contribution in [3.05, 3.63) is 0 Å². The number of hydrogen-bond acceptors (Lipinski definition) is 3. The Hall–Kier alpha value is -0.120. The van der Waals surface area contributed by atoms with E-state index in [-0.39, 0.29) is 0 Å². The van der Waals surface area contributed by atoms with Crippen molar-refractivity contribution in [1.29, 1.82) is 0 Å². The maximum absolute atomic E-state index is 5.81. The van der Waals surface area contributed by atoms with Gasteiger partial charge in [-0.2, -0.15) is 0 Å². The summed E-state index contributed by atoms with van der Waals surface area (Å²) in [5, 5.41) is 3.52. The summed E-state index contributed by atoms with van der Waals surface area (Å²) < 4.78 is 5.81. The van der Waals surface area contributed by atoms with E-state index in [2.05, 4.69) is 45.1 Å². The minimum atomic E-state index is 0.404. The molecule has 1 fully saturated rings. The van der Waals surface area contributed by atoms with Crippen LogP contribution in [0.4, 0.5) is 0 Å². The van der Waals surface area contributed by atoms with Crippen LogP contribution < -0.4 is 5.32 Å². The monoisotopic (exact) mass is 214 g/mol. The number of ether oxygens (including phenoxy) is 1. The molecule has 0 aromatic carbocycles. The summed E-state index contributed by atoms with van der Waals surface area (Å²) in [6, 6.07) is 0. The van der Waals surface area contributed by atoms with Crippen molar-refractivity contribution < 1.29 is 4.74 Å². The predicted molar refractivity (Wildman–Crippen MR) is 64.1 cm³/mol. The lowest BCUT2D eigenvalue weighted by atomic mass is 9.89. The van der Waals surface area contributed by atoms with Gasteiger partial charge in [-0.25, -0.2) is 0 Å². The Morgan fingerprint density at radius 1 is 1.13 bits per heavy atom. The molecule has 0 aromatic heterocycles. The van der Waals surface area contributed by atoms with Crippen molar-refractivity contribution in [2.75, 3.05) is 33.7 Å². The Balaban J connectivity index is 2.20. The van der Waals surface area contributed by atoms with E-state index >= 15 is 0 Å². The molecule has 90 valence electrons. The van der Waals surface area contributed by atoms with E-state index in [1.165, 1.54) is 0 Å². The summed E-state index contributed by atoms with van der Waals surface area (Å²) in [6.45, 7) is 9.93. The number of nitrogens with zero attached hydrogens (tertiary/aromatic N) is 1. The Bertz CT molecular complexity index is 184. The smallest absolute Gasteiger partial charge is 0.0594 e. The average molecular weight is 214 g/mol. The van der Waals surface area contributed by atoms with Gasteiger partial charge in [-0.15, -0.1) is 0 Å². The van der Waals surface area contributed by atoms with Gasteiger partial charge in [0.2, 0.25) is 0 Å². The molecular formula is C12H26N2O. The molecule has 4 unspecified atom stereocenters. The van der Waals surface area contributed by atoms with Crippen molar-refractivity contribution >= 4 is 0 Å². The van der Waals surface area contributed by atoms with E-state index in [1.54, 1.807) is 0 Å². The van der Waals surface area contributed by atoms with Crippen LogP contribution in [-0.4, -0.2) is 50.8 Å². The van der Waals surface area contributed by atoms with Crippen LogP contribution >= 0.6 is 0 Å². The minimum Gasteiger partial charge on any atom is -0.375 e.